The van der Waals surface area contributed by atoms with Gasteiger partial charge in [-0.3, -0.25) is 0 Å². The summed E-state index contributed by atoms with van der Waals surface area (Å²) in [6.45, 7) is 4.85. The van der Waals surface area contributed by atoms with Crippen molar-refractivity contribution in [2.45, 2.75) is 26.4 Å². The van der Waals surface area contributed by atoms with Gasteiger partial charge in [-0.15, -0.1) is 0 Å². The molecule has 1 rings (SSSR count). The molecule has 0 aliphatic carbocycles. The molecule has 1 aromatic rings. The first-order valence-electron chi connectivity index (χ1n) is 6.41. The van der Waals surface area contributed by atoms with E-state index in [1.165, 1.54) is 12.1 Å². The van der Waals surface area contributed by atoms with Crippen LogP contribution in [0.2, 0.25) is 0 Å². The average Bonchev–Trinajstić information content (AvgIpc) is 2.39. The Hall–Kier alpha value is -2.35. The molecule has 0 saturated carbocycles. The van der Waals surface area contributed by atoms with Crippen molar-refractivity contribution in [2.24, 2.45) is 0 Å². The summed E-state index contributed by atoms with van der Waals surface area (Å²) in [4.78, 5) is 25.5. The number of amides is 1. The maximum Gasteiger partial charge on any atom is 0.511 e. The lowest BCUT2D eigenvalue weighted by Crippen LogP contribution is -2.28. The third-order valence-corrected chi connectivity index (χ3v) is 2.15. The molecule has 0 bridgehead atoms. The molecular formula is C13H18N2O6. The zero-order chi connectivity index (χ0) is 15.7. The van der Waals surface area contributed by atoms with Crippen LogP contribution < -0.4 is 14.8 Å². The third kappa shape index (κ3) is 7.73. The smallest absolute Gasteiger partial charge is 0.449 e. The lowest BCUT2D eigenvalue weighted by atomic mass is 10.4. The predicted molar refractivity (Wildman–Crippen MR) is 72.6 cm³/mol. The number of aromatic nitrogens is 1. The summed E-state index contributed by atoms with van der Waals surface area (Å²) < 4.78 is 14.6. The number of rotatable bonds is 7. The van der Waals surface area contributed by atoms with Crippen molar-refractivity contribution >= 4 is 12.2 Å². The molecule has 0 aromatic carbocycles. The van der Waals surface area contributed by atoms with Crippen molar-refractivity contribution in [1.82, 2.24) is 10.3 Å². The Balaban J connectivity index is 2.26. The maximum absolute atomic E-state index is 11.4. The van der Waals surface area contributed by atoms with Gasteiger partial charge in [-0.25, -0.2) is 14.6 Å². The van der Waals surface area contributed by atoms with Crippen LogP contribution in [0.25, 0.3) is 0 Å². The number of hydrogen-bond donors (Lipinski definition) is 2. The SMILES string of the molecule is CC(C)OCCCNC(=O)Oc1ccc(OC(=O)O)cn1. The Bertz CT molecular complexity index is 460. The molecule has 8 heteroatoms. The molecule has 0 unspecified atom stereocenters. The monoisotopic (exact) mass is 298 g/mol. The van der Waals surface area contributed by atoms with Gasteiger partial charge in [0.2, 0.25) is 5.88 Å². The Morgan fingerprint density at radius 2 is 2.10 bits per heavy atom. The van der Waals surface area contributed by atoms with Gasteiger partial charge in [0.1, 0.15) is 0 Å². The maximum atomic E-state index is 11.4. The van der Waals surface area contributed by atoms with Crippen LogP contribution in [0, 0.1) is 0 Å². The summed E-state index contributed by atoms with van der Waals surface area (Å²) in [6.07, 6.45) is -0.0993. The molecule has 2 N–H and O–H groups in total. The second-order valence-corrected chi connectivity index (χ2v) is 4.29. The number of carboxylic acid groups (broad SMARTS) is 1. The molecule has 1 heterocycles. The van der Waals surface area contributed by atoms with E-state index in [1.807, 2.05) is 13.8 Å². The van der Waals surface area contributed by atoms with Gasteiger partial charge in [0.05, 0.1) is 12.3 Å². The highest BCUT2D eigenvalue weighted by molar-refractivity contribution is 5.69. The molecule has 116 valence electrons. The molecule has 0 fully saturated rings. The fraction of sp³-hybridized carbons (Fsp3) is 0.462. The Morgan fingerprint density at radius 1 is 1.33 bits per heavy atom. The van der Waals surface area contributed by atoms with Gasteiger partial charge in [0, 0.05) is 19.2 Å². The number of ether oxygens (including phenoxy) is 3. The summed E-state index contributed by atoms with van der Waals surface area (Å²) in [5.74, 6) is 0.0877. The number of pyridine rings is 1. The van der Waals surface area contributed by atoms with Crippen molar-refractivity contribution in [1.29, 1.82) is 0 Å². The van der Waals surface area contributed by atoms with Crippen LogP contribution in [0.15, 0.2) is 18.3 Å². The van der Waals surface area contributed by atoms with Crippen molar-refractivity contribution < 1.29 is 28.9 Å². The fourth-order valence-electron chi connectivity index (χ4n) is 1.30. The van der Waals surface area contributed by atoms with E-state index in [2.05, 4.69) is 15.0 Å². The van der Waals surface area contributed by atoms with Crippen LogP contribution in [-0.4, -0.2) is 41.6 Å². The molecular weight excluding hydrogens is 280 g/mol. The normalized spacial score (nSPS) is 10.2. The lowest BCUT2D eigenvalue weighted by Gasteiger charge is -2.08. The van der Waals surface area contributed by atoms with E-state index in [-0.39, 0.29) is 17.7 Å². The highest BCUT2D eigenvalue weighted by Crippen LogP contribution is 2.13. The number of carbonyl (C=O) groups excluding carboxylic acids is 1. The van der Waals surface area contributed by atoms with E-state index >= 15 is 0 Å². The quantitative estimate of drug-likeness (QED) is 0.586. The number of carbonyl (C=O) groups is 2. The van der Waals surface area contributed by atoms with E-state index in [9.17, 15) is 9.59 Å². The molecule has 0 aliphatic rings. The first-order chi connectivity index (χ1) is 9.97. The summed E-state index contributed by atoms with van der Waals surface area (Å²) in [6, 6.07) is 2.67. The van der Waals surface area contributed by atoms with Crippen molar-refractivity contribution in [3.8, 4) is 11.6 Å². The molecule has 1 aromatic heterocycles. The second kappa shape index (κ2) is 8.75. The number of nitrogens with zero attached hydrogens (tertiary/aromatic N) is 1. The van der Waals surface area contributed by atoms with E-state index in [0.717, 1.165) is 6.20 Å². The predicted octanol–water partition coefficient (Wildman–Crippen LogP) is 2.04. The van der Waals surface area contributed by atoms with E-state index < -0.39 is 12.2 Å². The fourth-order valence-corrected chi connectivity index (χ4v) is 1.30. The van der Waals surface area contributed by atoms with Crippen LogP contribution >= 0.6 is 0 Å². The summed E-state index contributed by atoms with van der Waals surface area (Å²) in [7, 11) is 0. The van der Waals surface area contributed by atoms with Gasteiger partial charge in [-0.05, 0) is 26.3 Å². The van der Waals surface area contributed by atoms with Crippen molar-refractivity contribution in [3.05, 3.63) is 18.3 Å². The number of hydrogen-bond acceptors (Lipinski definition) is 6. The highest BCUT2D eigenvalue weighted by Gasteiger charge is 2.06. The van der Waals surface area contributed by atoms with E-state index in [1.54, 1.807) is 0 Å². The molecule has 0 atom stereocenters. The van der Waals surface area contributed by atoms with Gasteiger partial charge in [-0.2, -0.15) is 0 Å². The molecule has 21 heavy (non-hydrogen) atoms. The van der Waals surface area contributed by atoms with Crippen LogP contribution in [-0.2, 0) is 4.74 Å². The van der Waals surface area contributed by atoms with Crippen molar-refractivity contribution in [2.75, 3.05) is 13.2 Å². The van der Waals surface area contributed by atoms with Gasteiger partial charge < -0.3 is 24.6 Å². The van der Waals surface area contributed by atoms with Crippen LogP contribution in [0.4, 0.5) is 9.59 Å². The Morgan fingerprint density at radius 3 is 2.67 bits per heavy atom. The van der Waals surface area contributed by atoms with Gasteiger partial charge >= 0.3 is 12.2 Å². The summed E-state index contributed by atoms with van der Waals surface area (Å²) >= 11 is 0. The van der Waals surface area contributed by atoms with Crippen LogP contribution in [0.5, 0.6) is 11.6 Å². The highest BCUT2D eigenvalue weighted by atomic mass is 16.7. The molecule has 0 spiro atoms. The van der Waals surface area contributed by atoms with E-state index in [4.69, 9.17) is 14.6 Å². The third-order valence-electron chi connectivity index (χ3n) is 2.15. The minimum atomic E-state index is -1.44. The van der Waals surface area contributed by atoms with Crippen LogP contribution in [0.3, 0.4) is 0 Å². The largest absolute Gasteiger partial charge is 0.511 e. The van der Waals surface area contributed by atoms with Crippen molar-refractivity contribution in [3.63, 3.8) is 0 Å². The first-order valence-corrected chi connectivity index (χ1v) is 6.41. The zero-order valence-corrected chi connectivity index (χ0v) is 11.9. The average molecular weight is 298 g/mol. The molecule has 0 radical (unpaired) electrons. The lowest BCUT2D eigenvalue weighted by molar-refractivity contribution is 0.0771. The molecule has 0 saturated heterocycles. The molecule has 8 nitrogen and oxygen atoms in total. The Kier molecular flexibility index (Phi) is 6.96. The minimum absolute atomic E-state index is 0.0427. The van der Waals surface area contributed by atoms with Crippen LogP contribution in [0.1, 0.15) is 20.3 Å². The molecule has 0 aliphatic heterocycles. The van der Waals surface area contributed by atoms with Gasteiger partial charge in [-0.1, -0.05) is 0 Å². The Labute approximate surface area is 122 Å². The van der Waals surface area contributed by atoms with Gasteiger partial charge in [0.15, 0.2) is 5.75 Å². The summed E-state index contributed by atoms with van der Waals surface area (Å²) in [5, 5.41) is 10.9. The molecule has 1 amide bonds. The summed E-state index contributed by atoms with van der Waals surface area (Å²) in [5.41, 5.74) is 0. The zero-order valence-electron chi connectivity index (χ0n) is 11.9. The number of nitrogens with one attached hydrogen (secondary N) is 1. The topological polar surface area (TPSA) is 107 Å². The standard InChI is InChI=1S/C13H18N2O6/c1-9(2)19-7-3-6-14-12(16)21-11-5-4-10(8-15-11)20-13(17)18/h4-5,8-9H,3,6-7H2,1-2H3,(H,14,16)(H,17,18). The second-order valence-electron chi connectivity index (χ2n) is 4.29. The first kappa shape index (κ1) is 16.7. The minimum Gasteiger partial charge on any atom is -0.449 e. The van der Waals surface area contributed by atoms with E-state index in [0.29, 0.717) is 19.6 Å². The van der Waals surface area contributed by atoms with Gasteiger partial charge in [0.25, 0.3) is 0 Å².